The second-order valence-corrected chi connectivity index (χ2v) is 3.87. The van der Waals surface area contributed by atoms with Gasteiger partial charge in [0.05, 0.1) is 0 Å². The molecule has 0 aliphatic heterocycles. The van der Waals surface area contributed by atoms with Crippen LogP contribution in [0.15, 0.2) is 0 Å². The molecule has 3 nitrogen and oxygen atoms in total. The molecule has 0 aromatic heterocycles. The van der Waals surface area contributed by atoms with E-state index >= 15 is 0 Å². The molecule has 90 valence electrons. The Balaban J connectivity index is 3.74. The molecule has 0 saturated carbocycles. The van der Waals surface area contributed by atoms with Crippen LogP contribution in [0.5, 0.6) is 0 Å². The van der Waals surface area contributed by atoms with Crippen molar-refractivity contribution >= 4 is 6.09 Å². The van der Waals surface area contributed by atoms with Crippen LogP contribution in [-0.2, 0) is 4.74 Å². The normalized spacial score (nSPS) is 13.8. The van der Waals surface area contributed by atoms with E-state index in [-0.39, 0.29) is 6.04 Å². The number of halogens is 3. The third kappa shape index (κ3) is 9.37. The highest BCUT2D eigenvalue weighted by molar-refractivity contribution is 5.67. The Bertz CT molecular complexity index is 204. The van der Waals surface area contributed by atoms with Gasteiger partial charge in [-0.05, 0) is 19.3 Å². The fourth-order valence-corrected chi connectivity index (χ4v) is 1.16. The fourth-order valence-electron chi connectivity index (χ4n) is 1.16. The van der Waals surface area contributed by atoms with Crippen molar-refractivity contribution in [2.75, 3.05) is 6.61 Å². The second-order valence-electron chi connectivity index (χ2n) is 3.87. The van der Waals surface area contributed by atoms with Crippen molar-refractivity contribution in [1.82, 2.24) is 5.32 Å². The van der Waals surface area contributed by atoms with Gasteiger partial charge in [-0.1, -0.05) is 13.8 Å². The maximum Gasteiger partial charge on any atom is 0.422 e. The number of alkyl carbamates (subject to hydrolysis) is 1. The van der Waals surface area contributed by atoms with E-state index in [2.05, 4.69) is 10.1 Å². The maximum absolute atomic E-state index is 11.7. The number of amides is 1. The Morgan fingerprint density at radius 3 is 2.27 bits per heavy atom. The van der Waals surface area contributed by atoms with Gasteiger partial charge in [0.1, 0.15) is 0 Å². The molecule has 0 spiro atoms. The monoisotopic (exact) mass is 227 g/mol. The Morgan fingerprint density at radius 2 is 1.87 bits per heavy atom. The van der Waals surface area contributed by atoms with Crippen molar-refractivity contribution in [2.45, 2.75) is 39.4 Å². The minimum absolute atomic E-state index is 0.189. The minimum atomic E-state index is -4.47. The molecular formula is C9H16F3NO2. The summed E-state index contributed by atoms with van der Waals surface area (Å²) >= 11 is 0. The number of rotatable bonds is 4. The fraction of sp³-hybridized carbons (Fsp3) is 0.889. The smallest absolute Gasteiger partial charge is 0.422 e. The van der Waals surface area contributed by atoms with Gasteiger partial charge in [0.25, 0.3) is 0 Å². The number of alkyl halides is 3. The van der Waals surface area contributed by atoms with Gasteiger partial charge in [0.2, 0.25) is 0 Å². The molecule has 1 unspecified atom stereocenters. The van der Waals surface area contributed by atoms with Gasteiger partial charge in [0, 0.05) is 6.04 Å². The maximum atomic E-state index is 11.7. The summed E-state index contributed by atoms with van der Waals surface area (Å²) in [6.45, 7) is 4.08. The number of carbonyl (C=O) groups is 1. The predicted molar refractivity (Wildman–Crippen MR) is 49.5 cm³/mol. The summed E-state index contributed by atoms with van der Waals surface area (Å²) in [7, 11) is 0. The lowest BCUT2D eigenvalue weighted by atomic mass is 10.1. The summed E-state index contributed by atoms with van der Waals surface area (Å²) in [6, 6.07) is -0.189. The average Bonchev–Trinajstić information content (AvgIpc) is 1.97. The summed E-state index contributed by atoms with van der Waals surface area (Å²) < 4.78 is 39.0. The van der Waals surface area contributed by atoms with E-state index in [1.807, 2.05) is 13.8 Å². The summed E-state index contributed by atoms with van der Waals surface area (Å²) in [5.41, 5.74) is 0. The van der Waals surface area contributed by atoms with Crippen molar-refractivity contribution in [1.29, 1.82) is 0 Å². The lowest BCUT2D eigenvalue weighted by molar-refractivity contribution is -0.160. The molecule has 0 aromatic rings. The Hall–Kier alpha value is -0.940. The van der Waals surface area contributed by atoms with E-state index in [4.69, 9.17) is 0 Å². The molecule has 1 atom stereocenters. The molecule has 0 saturated heterocycles. The quantitative estimate of drug-likeness (QED) is 0.801. The zero-order valence-corrected chi connectivity index (χ0v) is 9.02. The lowest BCUT2D eigenvalue weighted by Crippen LogP contribution is -2.35. The van der Waals surface area contributed by atoms with Crippen LogP contribution in [0.1, 0.15) is 27.2 Å². The van der Waals surface area contributed by atoms with Crippen molar-refractivity contribution in [3.05, 3.63) is 0 Å². The molecule has 0 fully saturated rings. The number of ether oxygens (including phenoxy) is 1. The first-order valence-electron chi connectivity index (χ1n) is 4.70. The second kappa shape index (κ2) is 5.82. The van der Waals surface area contributed by atoms with Crippen LogP contribution in [-0.4, -0.2) is 24.9 Å². The number of hydrogen-bond acceptors (Lipinski definition) is 2. The van der Waals surface area contributed by atoms with E-state index in [0.29, 0.717) is 12.3 Å². The van der Waals surface area contributed by atoms with Gasteiger partial charge < -0.3 is 10.1 Å². The van der Waals surface area contributed by atoms with Gasteiger partial charge in [0.15, 0.2) is 6.61 Å². The van der Waals surface area contributed by atoms with E-state index in [9.17, 15) is 18.0 Å². The van der Waals surface area contributed by atoms with Crippen molar-refractivity contribution in [3.8, 4) is 0 Å². The number of hydrogen-bond donors (Lipinski definition) is 1. The van der Waals surface area contributed by atoms with Crippen LogP contribution in [0.4, 0.5) is 18.0 Å². The molecule has 0 rings (SSSR count). The van der Waals surface area contributed by atoms with Crippen LogP contribution in [0, 0.1) is 5.92 Å². The van der Waals surface area contributed by atoms with Gasteiger partial charge in [-0.25, -0.2) is 4.79 Å². The number of carbonyl (C=O) groups excluding carboxylic acids is 1. The van der Waals surface area contributed by atoms with E-state index in [1.165, 1.54) is 0 Å². The SMILES string of the molecule is CC(C)CC(C)NC(=O)OCC(F)(F)F. The number of nitrogens with one attached hydrogen (secondary N) is 1. The van der Waals surface area contributed by atoms with Crippen LogP contribution in [0.25, 0.3) is 0 Å². The largest absolute Gasteiger partial charge is 0.440 e. The molecule has 6 heteroatoms. The van der Waals surface area contributed by atoms with Crippen LogP contribution >= 0.6 is 0 Å². The summed E-state index contributed by atoms with van der Waals surface area (Å²) in [4.78, 5) is 10.8. The molecule has 1 amide bonds. The Morgan fingerprint density at radius 1 is 1.33 bits per heavy atom. The van der Waals surface area contributed by atoms with Crippen molar-refractivity contribution in [3.63, 3.8) is 0 Å². The Kier molecular flexibility index (Phi) is 5.46. The predicted octanol–water partition coefficient (Wildman–Crippen LogP) is 2.71. The highest BCUT2D eigenvalue weighted by atomic mass is 19.4. The topological polar surface area (TPSA) is 38.3 Å². The standard InChI is InChI=1S/C9H16F3NO2/c1-6(2)4-7(3)13-8(14)15-5-9(10,11)12/h6-7H,4-5H2,1-3H3,(H,13,14). The van der Waals surface area contributed by atoms with Gasteiger partial charge >= 0.3 is 12.3 Å². The van der Waals surface area contributed by atoms with Gasteiger partial charge in [-0.15, -0.1) is 0 Å². The molecule has 0 bridgehead atoms. The highest BCUT2D eigenvalue weighted by Crippen LogP contribution is 2.14. The third-order valence-electron chi connectivity index (χ3n) is 1.56. The van der Waals surface area contributed by atoms with Crippen LogP contribution in [0.3, 0.4) is 0 Å². The third-order valence-corrected chi connectivity index (χ3v) is 1.56. The van der Waals surface area contributed by atoms with Gasteiger partial charge in [-0.3, -0.25) is 0 Å². The molecule has 0 aromatic carbocycles. The molecule has 15 heavy (non-hydrogen) atoms. The van der Waals surface area contributed by atoms with Crippen LogP contribution < -0.4 is 5.32 Å². The molecule has 0 heterocycles. The summed E-state index contributed by atoms with van der Waals surface area (Å²) in [5.74, 6) is 0.364. The molecule has 0 radical (unpaired) electrons. The zero-order valence-electron chi connectivity index (χ0n) is 9.02. The van der Waals surface area contributed by atoms with Crippen molar-refractivity contribution < 1.29 is 22.7 Å². The molecular weight excluding hydrogens is 211 g/mol. The summed E-state index contributed by atoms with van der Waals surface area (Å²) in [6.07, 6.45) is -4.81. The van der Waals surface area contributed by atoms with Crippen LogP contribution in [0.2, 0.25) is 0 Å². The first-order chi connectivity index (χ1) is 6.70. The molecule has 0 aliphatic rings. The first-order valence-corrected chi connectivity index (χ1v) is 4.70. The molecule has 1 N–H and O–H groups in total. The summed E-state index contributed by atoms with van der Waals surface area (Å²) in [5, 5.41) is 2.32. The van der Waals surface area contributed by atoms with E-state index < -0.39 is 18.9 Å². The van der Waals surface area contributed by atoms with E-state index in [1.54, 1.807) is 6.92 Å². The first kappa shape index (κ1) is 14.1. The molecule has 0 aliphatic carbocycles. The minimum Gasteiger partial charge on any atom is -0.440 e. The van der Waals surface area contributed by atoms with Crippen molar-refractivity contribution in [2.24, 2.45) is 5.92 Å². The lowest BCUT2D eigenvalue weighted by Gasteiger charge is -2.16. The average molecular weight is 227 g/mol. The Labute approximate surface area is 87.0 Å². The zero-order chi connectivity index (χ0) is 12.1. The van der Waals surface area contributed by atoms with Gasteiger partial charge in [-0.2, -0.15) is 13.2 Å². The highest BCUT2D eigenvalue weighted by Gasteiger charge is 2.29. The van der Waals surface area contributed by atoms with E-state index in [0.717, 1.165) is 0 Å².